The van der Waals surface area contributed by atoms with Gasteiger partial charge in [0.25, 0.3) is 0 Å². The smallest absolute Gasteiger partial charge is 0.306 e. The summed E-state index contributed by atoms with van der Waals surface area (Å²) in [6.07, 6.45) is 84.6. The number of hydrogen-bond acceptors (Lipinski definition) is 6. The van der Waals surface area contributed by atoms with E-state index in [1.54, 1.807) is 0 Å². The van der Waals surface area contributed by atoms with Gasteiger partial charge in [0.2, 0.25) is 0 Å². The van der Waals surface area contributed by atoms with E-state index >= 15 is 0 Å². The third-order valence-electron chi connectivity index (χ3n) is 12.1. The van der Waals surface area contributed by atoms with Crippen LogP contribution in [0.15, 0.2) is 134 Å². The number of unbranched alkanes of at least 4 members (excludes halogenated alkanes) is 19. The lowest BCUT2D eigenvalue weighted by Crippen LogP contribution is -2.30. The second-order valence-electron chi connectivity index (χ2n) is 19.2. The van der Waals surface area contributed by atoms with Gasteiger partial charge in [0.1, 0.15) is 13.2 Å². The van der Waals surface area contributed by atoms with Gasteiger partial charge in [-0.3, -0.25) is 14.4 Å². The van der Waals surface area contributed by atoms with Crippen molar-refractivity contribution in [1.29, 1.82) is 0 Å². The second kappa shape index (κ2) is 60.1. The van der Waals surface area contributed by atoms with Gasteiger partial charge in [0, 0.05) is 19.3 Å². The molecule has 6 nitrogen and oxygen atoms in total. The Bertz CT molecular complexity index is 1580. The standard InChI is InChI=1S/C67H108O6/c1-4-7-10-13-16-19-22-24-25-26-27-28-29-30-31-32-33-34-35-36-37-38-39-40-41-42-43-44-46-48-51-54-57-60-66(69)72-63-64(62-71-65(68)59-56-53-50-47-21-18-15-12-9-6-3)73-67(70)61-58-55-52-49-45-23-20-17-14-11-8-5-2/h7,10,12,15-16,19,24-25,27-28,30-31,33-34,36-37,39-40,42-43,46,48,64H,4-6,8-9,11,13-14,17-18,20-23,26,29,32,35,38,41,44-45,47,49-63H2,1-3H3/b10-7-,15-12-,19-16-,25-24-,28-27-,31-30-,34-33-,37-36-,40-39-,43-42-,48-46-. The summed E-state index contributed by atoms with van der Waals surface area (Å²) in [5.74, 6) is -0.957. The van der Waals surface area contributed by atoms with E-state index in [0.29, 0.717) is 25.7 Å². The molecule has 412 valence electrons. The summed E-state index contributed by atoms with van der Waals surface area (Å²) < 4.78 is 16.8. The van der Waals surface area contributed by atoms with Gasteiger partial charge in [-0.2, -0.15) is 0 Å². The lowest BCUT2D eigenvalue weighted by Gasteiger charge is -2.18. The van der Waals surface area contributed by atoms with Crippen LogP contribution in [0.1, 0.15) is 252 Å². The van der Waals surface area contributed by atoms with Crippen LogP contribution in [0.2, 0.25) is 0 Å². The Labute approximate surface area is 449 Å². The molecule has 0 bridgehead atoms. The monoisotopic (exact) mass is 1010 g/mol. The fraction of sp³-hybridized carbons (Fsp3) is 0.627. The summed E-state index contributed by atoms with van der Waals surface area (Å²) in [5.41, 5.74) is 0. The summed E-state index contributed by atoms with van der Waals surface area (Å²) in [4.78, 5) is 38.0. The van der Waals surface area contributed by atoms with Crippen molar-refractivity contribution < 1.29 is 28.6 Å². The van der Waals surface area contributed by atoms with E-state index in [0.717, 1.165) is 135 Å². The number of hydrogen-bond donors (Lipinski definition) is 0. The Balaban J connectivity index is 4.29. The number of carbonyl (C=O) groups is 3. The Hall–Kier alpha value is -4.45. The molecule has 0 aromatic heterocycles. The molecule has 0 saturated carbocycles. The molecule has 73 heavy (non-hydrogen) atoms. The van der Waals surface area contributed by atoms with Gasteiger partial charge in [0.15, 0.2) is 6.10 Å². The number of ether oxygens (including phenoxy) is 3. The highest BCUT2D eigenvalue weighted by molar-refractivity contribution is 5.71. The van der Waals surface area contributed by atoms with E-state index < -0.39 is 6.10 Å². The zero-order valence-corrected chi connectivity index (χ0v) is 47.1. The minimum Gasteiger partial charge on any atom is -0.462 e. The summed E-state index contributed by atoms with van der Waals surface area (Å²) in [6, 6.07) is 0. The van der Waals surface area contributed by atoms with Crippen LogP contribution in [0.25, 0.3) is 0 Å². The van der Waals surface area contributed by atoms with E-state index in [2.05, 4.69) is 154 Å². The van der Waals surface area contributed by atoms with Crippen LogP contribution in [0, 0.1) is 0 Å². The lowest BCUT2D eigenvalue weighted by molar-refractivity contribution is -0.167. The van der Waals surface area contributed by atoms with Crippen LogP contribution in [0.4, 0.5) is 0 Å². The maximum absolute atomic E-state index is 12.8. The molecule has 0 spiro atoms. The van der Waals surface area contributed by atoms with Gasteiger partial charge < -0.3 is 14.2 Å². The largest absolute Gasteiger partial charge is 0.462 e. The molecule has 0 amide bonds. The number of esters is 3. The Kier molecular flexibility index (Phi) is 56.4. The molecule has 0 heterocycles. The average Bonchev–Trinajstić information content (AvgIpc) is 3.39. The molecule has 0 radical (unpaired) electrons. The number of rotatable bonds is 52. The van der Waals surface area contributed by atoms with E-state index in [-0.39, 0.29) is 31.1 Å². The van der Waals surface area contributed by atoms with Crippen LogP contribution in [0.3, 0.4) is 0 Å². The molecule has 1 atom stereocenters. The van der Waals surface area contributed by atoms with Gasteiger partial charge in [-0.15, -0.1) is 0 Å². The maximum atomic E-state index is 12.8. The number of carbonyl (C=O) groups excluding carboxylic acids is 3. The van der Waals surface area contributed by atoms with Gasteiger partial charge >= 0.3 is 17.9 Å². The fourth-order valence-corrected chi connectivity index (χ4v) is 7.71. The Morgan fingerprint density at radius 3 is 0.932 bits per heavy atom. The first-order valence-electron chi connectivity index (χ1n) is 29.7. The Morgan fingerprint density at radius 2 is 0.562 bits per heavy atom. The fourth-order valence-electron chi connectivity index (χ4n) is 7.71. The molecule has 0 aromatic carbocycles. The Morgan fingerprint density at radius 1 is 0.288 bits per heavy atom. The first kappa shape index (κ1) is 68.6. The summed E-state index contributed by atoms with van der Waals surface area (Å²) in [6.45, 7) is 6.41. The molecule has 0 fully saturated rings. The molecule has 0 N–H and O–H groups in total. The van der Waals surface area contributed by atoms with Crippen LogP contribution in [-0.4, -0.2) is 37.2 Å². The number of allylic oxidation sites excluding steroid dienone is 22. The van der Waals surface area contributed by atoms with Crippen molar-refractivity contribution >= 4 is 17.9 Å². The zero-order valence-electron chi connectivity index (χ0n) is 47.1. The zero-order chi connectivity index (χ0) is 52.9. The third-order valence-corrected chi connectivity index (χ3v) is 12.1. The first-order chi connectivity index (χ1) is 36.0. The molecule has 0 rings (SSSR count). The topological polar surface area (TPSA) is 78.9 Å². The average molecular weight is 1010 g/mol. The molecule has 1 unspecified atom stereocenters. The van der Waals surface area contributed by atoms with Gasteiger partial charge in [-0.1, -0.05) is 251 Å². The predicted octanol–water partition coefficient (Wildman–Crippen LogP) is 20.2. The van der Waals surface area contributed by atoms with E-state index in [1.807, 2.05) is 0 Å². The summed E-state index contributed by atoms with van der Waals surface area (Å²) in [5, 5.41) is 0. The molecular formula is C67H108O6. The molecule has 0 saturated heterocycles. The minimum absolute atomic E-state index is 0.0976. The van der Waals surface area contributed by atoms with Gasteiger partial charge in [-0.05, 0) is 116 Å². The molecule has 6 heteroatoms. The second-order valence-corrected chi connectivity index (χ2v) is 19.2. The normalized spacial score (nSPS) is 13.1. The van der Waals surface area contributed by atoms with Crippen molar-refractivity contribution in [2.45, 2.75) is 258 Å². The van der Waals surface area contributed by atoms with Crippen LogP contribution in [-0.2, 0) is 28.6 Å². The van der Waals surface area contributed by atoms with Crippen LogP contribution in [0.5, 0.6) is 0 Å². The van der Waals surface area contributed by atoms with E-state index in [1.165, 1.54) is 70.6 Å². The SMILES string of the molecule is CC/C=C\C/C=C\C/C=C\C/C=C\C/C=C\C/C=C\C/C=C\C/C=C\C/C=C\C/C=C\CCCCC(=O)OCC(COC(=O)CCCCCCC/C=C\CCC)OC(=O)CCCCCCCCCCCCCC. The summed E-state index contributed by atoms with van der Waals surface area (Å²) in [7, 11) is 0. The molecule has 0 aliphatic heterocycles. The van der Waals surface area contributed by atoms with Crippen molar-refractivity contribution in [2.24, 2.45) is 0 Å². The molecule has 0 aliphatic rings. The van der Waals surface area contributed by atoms with Crippen molar-refractivity contribution in [3.63, 3.8) is 0 Å². The molecule has 0 aliphatic carbocycles. The lowest BCUT2D eigenvalue weighted by atomic mass is 10.0. The quantitative estimate of drug-likeness (QED) is 0.0261. The van der Waals surface area contributed by atoms with Crippen molar-refractivity contribution in [1.82, 2.24) is 0 Å². The molecular weight excluding hydrogens is 901 g/mol. The summed E-state index contributed by atoms with van der Waals surface area (Å²) >= 11 is 0. The first-order valence-corrected chi connectivity index (χ1v) is 29.7. The predicted molar refractivity (Wildman–Crippen MR) is 316 cm³/mol. The highest BCUT2D eigenvalue weighted by Gasteiger charge is 2.19. The van der Waals surface area contributed by atoms with E-state index in [9.17, 15) is 14.4 Å². The third kappa shape index (κ3) is 58.3. The maximum Gasteiger partial charge on any atom is 0.306 e. The van der Waals surface area contributed by atoms with Crippen molar-refractivity contribution in [3.05, 3.63) is 134 Å². The highest BCUT2D eigenvalue weighted by atomic mass is 16.6. The van der Waals surface area contributed by atoms with Crippen molar-refractivity contribution in [2.75, 3.05) is 13.2 Å². The van der Waals surface area contributed by atoms with Crippen LogP contribution < -0.4 is 0 Å². The van der Waals surface area contributed by atoms with Crippen molar-refractivity contribution in [3.8, 4) is 0 Å². The van der Waals surface area contributed by atoms with Gasteiger partial charge in [-0.25, -0.2) is 0 Å². The minimum atomic E-state index is -0.800. The molecule has 0 aromatic rings. The highest BCUT2D eigenvalue weighted by Crippen LogP contribution is 2.14. The van der Waals surface area contributed by atoms with E-state index in [4.69, 9.17) is 14.2 Å². The van der Waals surface area contributed by atoms with Gasteiger partial charge in [0.05, 0.1) is 0 Å². The van der Waals surface area contributed by atoms with Crippen LogP contribution >= 0.6 is 0 Å².